The number of halogens is 3. The molecular formula is C21H17F3N3OP. The smallest absolute Gasteiger partial charge is 0.422 e. The van der Waals surface area contributed by atoms with Gasteiger partial charge in [-0.05, 0) is 35.5 Å². The molecule has 1 aliphatic carbocycles. The molecule has 29 heavy (non-hydrogen) atoms. The van der Waals surface area contributed by atoms with Crippen molar-refractivity contribution in [1.82, 2.24) is 15.0 Å². The number of nitrogens with one attached hydrogen (secondary N) is 1. The van der Waals surface area contributed by atoms with Gasteiger partial charge in [-0.15, -0.1) is 9.24 Å². The fourth-order valence-electron chi connectivity index (χ4n) is 3.00. The van der Waals surface area contributed by atoms with Crippen molar-refractivity contribution in [3.05, 3.63) is 72.4 Å². The van der Waals surface area contributed by atoms with Gasteiger partial charge < -0.3 is 9.72 Å². The number of hydrogen-bond acceptors (Lipinski definition) is 3. The Labute approximate surface area is 167 Å². The van der Waals surface area contributed by atoms with Crippen LogP contribution in [0, 0.1) is 0 Å². The average Bonchev–Trinajstić information content (AvgIpc) is 2.95. The van der Waals surface area contributed by atoms with E-state index >= 15 is 0 Å². The minimum absolute atomic E-state index is 0.136. The first-order chi connectivity index (χ1) is 13.9. The van der Waals surface area contributed by atoms with Crippen molar-refractivity contribution in [3.8, 4) is 11.1 Å². The maximum Gasteiger partial charge on any atom is 0.422 e. The van der Waals surface area contributed by atoms with E-state index in [9.17, 15) is 13.2 Å². The van der Waals surface area contributed by atoms with Crippen molar-refractivity contribution < 1.29 is 17.9 Å². The summed E-state index contributed by atoms with van der Waals surface area (Å²) in [6.45, 7) is -1.34. The van der Waals surface area contributed by atoms with E-state index < -0.39 is 12.8 Å². The number of benzene rings is 1. The van der Waals surface area contributed by atoms with E-state index in [2.05, 4.69) is 24.2 Å². The van der Waals surface area contributed by atoms with Crippen LogP contribution in [0.5, 0.6) is 0 Å². The average molecular weight is 415 g/mol. The second-order valence-electron chi connectivity index (χ2n) is 6.52. The molecule has 0 saturated carbocycles. The minimum atomic E-state index is -4.39. The van der Waals surface area contributed by atoms with Gasteiger partial charge in [-0.1, -0.05) is 36.4 Å². The Morgan fingerprint density at radius 2 is 2.03 bits per heavy atom. The number of ether oxygens (including phenoxy) is 1. The summed E-state index contributed by atoms with van der Waals surface area (Å²) in [5, 5.41) is 1.06. The number of allylic oxidation sites excluding steroid dienone is 5. The molecule has 1 aliphatic rings. The van der Waals surface area contributed by atoms with Crippen LogP contribution in [0.2, 0.25) is 0 Å². The van der Waals surface area contributed by atoms with Crippen LogP contribution in [-0.2, 0) is 4.74 Å². The summed E-state index contributed by atoms with van der Waals surface area (Å²) in [4.78, 5) is 12.1. The Kier molecular flexibility index (Phi) is 5.24. The first-order valence-electron chi connectivity index (χ1n) is 8.88. The Morgan fingerprint density at radius 3 is 2.83 bits per heavy atom. The van der Waals surface area contributed by atoms with Crippen LogP contribution < -0.4 is 5.30 Å². The lowest BCUT2D eigenvalue weighted by Gasteiger charge is -2.09. The number of alkyl halides is 3. The summed E-state index contributed by atoms with van der Waals surface area (Å²) >= 11 is 0. The molecular weight excluding hydrogens is 398 g/mol. The van der Waals surface area contributed by atoms with Crippen molar-refractivity contribution in [2.75, 3.05) is 6.61 Å². The van der Waals surface area contributed by atoms with E-state index in [1.54, 1.807) is 18.3 Å². The van der Waals surface area contributed by atoms with Crippen LogP contribution in [0.1, 0.15) is 12.2 Å². The molecule has 0 saturated heterocycles. The lowest BCUT2D eigenvalue weighted by molar-refractivity contribution is -0.163. The minimum Gasteiger partial charge on any atom is -0.484 e. The van der Waals surface area contributed by atoms with Gasteiger partial charge >= 0.3 is 6.18 Å². The number of pyridine rings is 1. The van der Waals surface area contributed by atoms with Gasteiger partial charge in [0.2, 0.25) is 0 Å². The zero-order valence-electron chi connectivity index (χ0n) is 15.2. The Bertz CT molecular complexity index is 1150. The highest BCUT2D eigenvalue weighted by Crippen LogP contribution is 2.26. The van der Waals surface area contributed by atoms with Crippen molar-refractivity contribution in [1.29, 1.82) is 0 Å². The zero-order valence-corrected chi connectivity index (χ0v) is 16.4. The van der Waals surface area contributed by atoms with E-state index in [4.69, 9.17) is 4.74 Å². The fourth-order valence-corrected chi connectivity index (χ4v) is 3.38. The molecule has 1 unspecified atom stereocenters. The van der Waals surface area contributed by atoms with E-state index in [-0.39, 0.29) is 5.76 Å². The van der Waals surface area contributed by atoms with Crippen LogP contribution in [0.25, 0.3) is 27.9 Å². The van der Waals surface area contributed by atoms with Gasteiger partial charge in [0, 0.05) is 17.3 Å². The summed E-state index contributed by atoms with van der Waals surface area (Å²) in [7, 11) is 2.70. The van der Waals surface area contributed by atoms with Gasteiger partial charge in [-0.2, -0.15) is 13.2 Å². The van der Waals surface area contributed by atoms with Crippen molar-refractivity contribution in [2.45, 2.75) is 12.6 Å². The Morgan fingerprint density at radius 1 is 1.21 bits per heavy atom. The van der Waals surface area contributed by atoms with Gasteiger partial charge in [-0.25, -0.2) is 9.97 Å². The van der Waals surface area contributed by atoms with Gasteiger partial charge in [0.1, 0.15) is 11.6 Å². The third kappa shape index (κ3) is 4.57. The Hall–Kier alpha value is -2.92. The number of aromatic nitrogens is 3. The monoisotopic (exact) mass is 415 g/mol. The number of rotatable bonds is 4. The standard InChI is InChI=1S/C21H17F3N3OP/c22-21(23,24)12-28-15-6-2-1-5-13(9-15)19-26-17-10-14(11-25-20(17)27-19)16-7-3-4-8-18(16)29/h2-11H,1,12,29H2,(H,25,26,27). The van der Waals surface area contributed by atoms with E-state index in [1.807, 2.05) is 36.4 Å². The largest absolute Gasteiger partial charge is 0.484 e. The van der Waals surface area contributed by atoms with Crippen molar-refractivity contribution in [3.63, 3.8) is 0 Å². The molecule has 0 fully saturated rings. The zero-order chi connectivity index (χ0) is 20.4. The topological polar surface area (TPSA) is 50.8 Å². The maximum atomic E-state index is 12.5. The van der Waals surface area contributed by atoms with E-state index in [1.165, 1.54) is 6.08 Å². The molecule has 0 amide bonds. The molecule has 3 aromatic rings. The van der Waals surface area contributed by atoms with Crippen LogP contribution >= 0.6 is 9.24 Å². The molecule has 2 heterocycles. The third-order valence-corrected chi connectivity index (χ3v) is 4.84. The number of hydrogen-bond donors (Lipinski definition) is 1. The Balaban J connectivity index is 1.65. The highest BCUT2D eigenvalue weighted by molar-refractivity contribution is 7.28. The van der Waals surface area contributed by atoms with E-state index in [0.717, 1.165) is 21.9 Å². The summed E-state index contributed by atoms with van der Waals surface area (Å²) in [5.41, 5.74) is 3.92. The number of imidazole rings is 1. The normalized spacial score (nSPS) is 14.5. The van der Waals surface area contributed by atoms with Crippen molar-refractivity contribution >= 4 is 31.3 Å². The lowest BCUT2D eigenvalue weighted by Crippen LogP contribution is -2.16. The molecule has 0 bridgehead atoms. The second-order valence-corrected chi connectivity index (χ2v) is 7.14. The molecule has 2 aromatic heterocycles. The van der Waals surface area contributed by atoms with E-state index in [0.29, 0.717) is 23.5 Å². The maximum absolute atomic E-state index is 12.5. The molecule has 8 heteroatoms. The van der Waals surface area contributed by atoms with Crippen LogP contribution in [0.15, 0.2) is 66.6 Å². The first kappa shape index (κ1) is 19.4. The molecule has 148 valence electrons. The quantitative estimate of drug-likeness (QED) is 0.615. The highest BCUT2D eigenvalue weighted by atomic mass is 31.0. The van der Waals surface area contributed by atoms with Gasteiger partial charge in [-0.3, -0.25) is 0 Å². The van der Waals surface area contributed by atoms with Gasteiger partial charge in [0.15, 0.2) is 12.3 Å². The summed E-state index contributed by atoms with van der Waals surface area (Å²) in [6, 6.07) is 9.89. The number of nitrogens with zero attached hydrogens (tertiary/aromatic N) is 2. The molecule has 0 aliphatic heterocycles. The van der Waals surface area contributed by atoms with Crippen molar-refractivity contribution in [2.24, 2.45) is 0 Å². The molecule has 0 radical (unpaired) electrons. The molecule has 0 spiro atoms. The second kappa shape index (κ2) is 7.84. The predicted molar refractivity (Wildman–Crippen MR) is 110 cm³/mol. The molecule has 1 N–H and O–H groups in total. The summed E-state index contributed by atoms with van der Waals surface area (Å²) in [5.74, 6) is 0.665. The fraction of sp³-hybridized carbons (Fsp3) is 0.143. The molecule has 1 aromatic carbocycles. The first-order valence-corrected chi connectivity index (χ1v) is 9.46. The summed E-state index contributed by atoms with van der Waals surface area (Å²) < 4.78 is 42.3. The SMILES string of the molecule is FC(F)(F)COC1=CC(c2nc3ncc(-c4ccccc4P)cc3[nH]2)=CCC=C1. The number of aromatic amines is 1. The van der Waals surface area contributed by atoms with Crippen LogP contribution in [0.3, 0.4) is 0 Å². The summed E-state index contributed by atoms with van der Waals surface area (Å²) in [6.07, 6.45) is 4.61. The van der Waals surface area contributed by atoms with Crippen LogP contribution in [0.4, 0.5) is 13.2 Å². The highest BCUT2D eigenvalue weighted by Gasteiger charge is 2.28. The molecule has 4 nitrogen and oxygen atoms in total. The number of H-pyrrole nitrogens is 1. The lowest BCUT2D eigenvalue weighted by atomic mass is 10.1. The van der Waals surface area contributed by atoms with Crippen LogP contribution in [-0.4, -0.2) is 27.7 Å². The van der Waals surface area contributed by atoms with Gasteiger partial charge in [0.25, 0.3) is 0 Å². The molecule has 1 atom stereocenters. The third-order valence-electron chi connectivity index (χ3n) is 4.34. The van der Waals surface area contributed by atoms with Gasteiger partial charge in [0.05, 0.1) is 5.52 Å². The molecule has 4 rings (SSSR count). The predicted octanol–water partition coefficient (Wildman–Crippen LogP) is 4.93. The number of fused-ring (bicyclic) bond motifs is 1.